The van der Waals surface area contributed by atoms with Gasteiger partial charge in [0.15, 0.2) is 17.4 Å². The Morgan fingerprint density at radius 2 is 1.58 bits per heavy atom. The van der Waals surface area contributed by atoms with E-state index in [1.807, 2.05) is 0 Å². The Labute approximate surface area is 112 Å². The number of halogens is 4. The summed E-state index contributed by atoms with van der Waals surface area (Å²) in [7, 11) is 0. The highest BCUT2D eigenvalue weighted by Crippen LogP contribution is 2.22. The molecule has 0 amide bonds. The molecule has 0 N–H and O–H groups in total. The normalized spacial score (nSPS) is 10.6. The lowest BCUT2D eigenvalue weighted by Gasteiger charge is -2.07. The van der Waals surface area contributed by atoms with E-state index in [0.29, 0.717) is 22.7 Å². The Kier molecular flexibility index (Phi) is 3.62. The highest BCUT2D eigenvalue weighted by Gasteiger charge is 2.19. The Morgan fingerprint density at radius 1 is 0.947 bits per heavy atom. The lowest BCUT2D eigenvalue weighted by Crippen LogP contribution is -2.08. The van der Waals surface area contributed by atoms with Gasteiger partial charge in [0.25, 0.3) is 0 Å². The molecule has 2 aromatic rings. The molecule has 0 saturated carbocycles. The van der Waals surface area contributed by atoms with Crippen LogP contribution in [0.4, 0.5) is 13.2 Å². The first-order valence-corrected chi connectivity index (χ1v) is 5.73. The molecule has 0 bridgehead atoms. The van der Waals surface area contributed by atoms with Gasteiger partial charge in [0.1, 0.15) is 5.82 Å². The van der Waals surface area contributed by atoms with Gasteiger partial charge in [-0.3, -0.25) is 4.79 Å². The van der Waals surface area contributed by atoms with Crippen molar-refractivity contribution in [3.05, 3.63) is 69.5 Å². The minimum absolute atomic E-state index is 0.150. The molecule has 0 aliphatic heterocycles. The molecule has 0 aliphatic rings. The van der Waals surface area contributed by atoms with Crippen LogP contribution in [0.3, 0.4) is 0 Å². The summed E-state index contributed by atoms with van der Waals surface area (Å²) >= 11 is 5.76. The van der Waals surface area contributed by atoms with Gasteiger partial charge in [-0.2, -0.15) is 0 Å². The van der Waals surface area contributed by atoms with E-state index >= 15 is 0 Å². The maximum absolute atomic E-state index is 13.5. The number of carbonyl (C=O) groups excluding carboxylic acids is 1. The molecule has 5 heteroatoms. The van der Waals surface area contributed by atoms with Crippen molar-refractivity contribution < 1.29 is 18.0 Å². The Morgan fingerprint density at radius 3 is 2.26 bits per heavy atom. The van der Waals surface area contributed by atoms with Crippen LogP contribution in [0.15, 0.2) is 30.3 Å². The average molecular weight is 285 g/mol. The number of aryl methyl sites for hydroxylation is 1. The van der Waals surface area contributed by atoms with E-state index in [0.717, 1.165) is 0 Å². The molecule has 98 valence electrons. The number of carbonyl (C=O) groups is 1. The fourth-order valence-electron chi connectivity index (χ4n) is 1.68. The third-order valence-electron chi connectivity index (χ3n) is 2.70. The number of hydrogen-bond acceptors (Lipinski definition) is 1. The summed E-state index contributed by atoms with van der Waals surface area (Å²) in [4.78, 5) is 12.1. The maximum atomic E-state index is 13.5. The van der Waals surface area contributed by atoms with Crippen molar-refractivity contribution >= 4 is 17.4 Å². The summed E-state index contributed by atoms with van der Waals surface area (Å²) in [5.74, 6) is -4.46. The lowest BCUT2D eigenvalue weighted by atomic mass is 9.98. The molecule has 0 unspecified atom stereocenters. The van der Waals surface area contributed by atoms with Crippen LogP contribution in [-0.4, -0.2) is 5.78 Å². The predicted octanol–water partition coefficient (Wildman–Crippen LogP) is 4.30. The Balaban J connectivity index is 2.56. The highest BCUT2D eigenvalue weighted by molar-refractivity contribution is 6.31. The van der Waals surface area contributed by atoms with Crippen molar-refractivity contribution in [2.24, 2.45) is 0 Å². The topological polar surface area (TPSA) is 17.1 Å². The minimum Gasteiger partial charge on any atom is -0.288 e. The van der Waals surface area contributed by atoms with Crippen LogP contribution in [0.2, 0.25) is 5.02 Å². The van der Waals surface area contributed by atoms with Gasteiger partial charge >= 0.3 is 0 Å². The van der Waals surface area contributed by atoms with Crippen LogP contribution in [0, 0.1) is 24.4 Å². The zero-order valence-corrected chi connectivity index (χ0v) is 10.6. The van der Waals surface area contributed by atoms with Crippen LogP contribution in [0.25, 0.3) is 0 Å². The molecular formula is C14H8ClF3O. The number of hydrogen-bond donors (Lipinski definition) is 0. The fourth-order valence-corrected chi connectivity index (χ4v) is 1.85. The molecule has 2 rings (SSSR count). The zero-order chi connectivity index (χ0) is 14.2. The fraction of sp³-hybridized carbons (Fsp3) is 0.0714. The van der Waals surface area contributed by atoms with E-state index in [4.69, 9.17) is 11.6 Å². The van der Waals surface area contributed by atoms with E-state index in [9.17, 15) is 18.0 Å². The number of ketones is 1. The van der Waals surface area contributed by atoms with Gasteiger partial charge < -0.3 is 0 Å². The lowest BCUT2D eigenvalue weighted by molar-refractivity contribution is 0.103. The standard InChI is InChI=1S/C14H8ClF3O/c1-7-2-3-8(15)4-9(7)14(19)10-5-12(17)13(18)6-11(10)16/h2-6H,1H3. The Bertz CT molecular complexity index is 668. The number of benzene rings is 2. The van der Waals surface area contributed by atoms with Crippen molar-refractivity contribution in [3.63, 3.8) is 0 Å². The monoisotopic (exact) mass is 284 g/mol. The van der Waals surface area contributed by atoms with Gasteiger partial charge in [-0.05, 0) is 30.7 Å². The second kappa shape index (κ2) is 5.05. The third kappa shape index (κ3) is 2.63. The predicted molar refractivity (Wildman–Crippen MR) is 65.9 cm³/mol. The molecule has 0 radical (unpaired) electrons. The van der Waals surface area contributed by atoms with E-state index in [2.05, 4.69) is 0 Å². The molecule has 0 atom stereocenters. The summed E-state index contributed by atoms with van der Waals surface area (Å²) in [5, 5.41) is 0.303. The molecule has 0 heterocycles. The van der Waals surface area contributed by atoms with Gasteiger partial charge in [0.05, 0.1) is 5.56 Å². The first-order chi connectivity index (χ1) is 8.90. The summed E-state index contributed by atoms with van der Waals surface area (Å²) < 4.78 is 39.5. The molecule has 0 saturated heterocycles. The van der Waals surface area contributed by atoms with Crippen molar-refractivity contribution in [1.82, 2.24) is 0 Å². The third-order valence-corrected chi connectivity index (χ3v) is 2.93. The van der Waals surface area contributed by atoms with Crippen LogP contribution in [0.1, 0.15) is 21.5 Å². The summed E-state index contributed by atoms with van der Waals surface area (Å²) in [6, 6.07) is 5.43. The first-order valence-electron chi connectivity index (χ1n) is 5.35. The second-order valence-electron chi connectivity index (χ2n) is 4.03. The molecule has 1 nitrogen and oxygen atoms in total. The van der Waals surface area contributed by atoms with Crippen LogP contribution < -0.4 is 0 Å². The van der Waals surface area contributed by atoms with E-state index < -0.39 is 28.8 Å². The molecule has 0 fully saturated rings. The highest BCUT2D eigenvalue weighted by atomic mass is 35.5. The maximum Gasteiger partial charge on any atom is 0.196 e. The van der Waals surface area contributed by atoms with E-state index in [1.165, 1.54) is 6.07 Å². The summed E-state index contributed by atoms with van der Waals surface area (Å²) in [6.45, 7) is 1.64. The van der Waals surface area contributed by atoms with Crippen molar-refractivity contribution in [3.8, 4) is 0 Å². The first kappa shape index (κ1) is 13.6. The molecule has 0 aliphatic carbocycles. The number of rotatable bonds is 2. The van der Waals surface area contributed by atoms with Crippen LogP contribution in [0.5, 0.6) is 0 Å². The van der Waals surface area contributed by atoms with Gasteiger partial charge in [-0.1, -0.05) is 17.7 Å². The molecule has 2 aromatic carbocycles. The largest absolute Gasteiger partial charge is 0.288 e. The van der Waals surface area contributed by atoms with Gasteiger partial charge in [0, 0.05) is 16.7 Å². The molecule has 0 aromatic heterocycles. The SMILES string of the molecule is Cc1ccc(Cl)cc1C(=O)c1cc(F)c(F)cc1F. The van der Waals surface area contributed by atoms with Crippen molar-refractivity contribution in [1.29, 1.82) is 0 Å². The second-order valence-corrected chi connectivity index (χ2v) is 4.47. The summed E-state index contributed by atoms with van der Waals surface area (Å²) in [6.07, 6.45) is 0. The van der Waals surface area contributed by atoms with Gasteiger partial charge in [-0.15, -0.1) is 0 Å². The minimum atomic E-state index is -1.34. The van der Waals surface area contributed by atoms with Crippen LogP contribution in [-0.2, 0) is 0 Å². The average Bonchev–Trinajstić information content (AvgIpc) is 2.36. The molecule has 19 heavy (non-hydrogen) atoms. The van der Waals surface area contributed by atoms with Gasteiger partial charge in [-0.25, -0.2) is 13.2 Å². The van der Waals surface area contributed by atoms with E-state index in [1.54, 1.807) is 19.1 Å². The molecular weight excluding hydrogens is 277 g/mol. The van der Waals surface area contributed by atoms with Gasteiger partial charge in [0.2, 0.25) is 0 Å². The molecule has 0 spiro atoms. The Hall–Kier alpha value is -1.81. The van der Waals surface area contributed by atoms with Crippen molar-refractivity contribution in [2.75, 3.05) is 0 Å². The van der Waals surface area contributed by atoms with Crippen LogP contribution >= 0.6 is 11.6 Å². The quantitative estimate of drug-likeness (QED) is 0.594. The van der Waals surface area contributed by atoms with E-state index in [-0.39, 0.29) is 5.56 Å². The smallest absolute Gasteiger partial charge is 0.196 e. The summed E-state index contributed by atoms with van der Waals surface area (Å²) in [5.41, 5.74) is 0.195. The zero-order valence-electron chi connectivity index (χ0n) is 9.81. The van der Waals surface area contributed by atoms with Crippen molar-refractivity contribution in [2.45, 2.75) is 6.92 Å².